The number of anilines is 2. The normalized spacial score (nSPS) is 13.6. The molecule has 1 aromatic heterocycles. The van der Waals surface area contributed by atoms with Gasteiger partial charge in [-0.2, -0.15) is 0 Å². The quantitative estimate of drug-likeness (QED) is 0.604. The molecule has 0 aliphatic carbocycles. The van der Waals surface area contributed by atoms with Gasteiger partial charge in [0.1, 0.15) is 23.9 Å². The van der Waals surface area contributed by atoms with Crippen LogP contribution in [-0.2, 0) is 11.4 Å². The van der Waals surface area contributed by atoms with Gasteiger partial charge in [-0.15, -0.1) is 0 Å². The molecule has 2 N–H and O–H groups in total. The second-order valence-corrected chi connectivity index (χ2v) is 7.31. The first-order chi connectivity index (χ1) is 15.0. The van der Waals surface area contributed by atoms with Gasteiger partial charge >= 0.3 is 0 Å². The van der Waals surface area contributed by atoms with E-state index in [1.54, 1.807) is 30.3 Å². The predicted molar refractivity (Wildman–Crippen MR) is 114 cm³/mol. The largest absolute Gasteiger partial charge is 0.486 e. The van der Waals surface area contributed by atoms with Crippen LogP contribution in [0.25, 0.3) is 0 Å². The van der Waals surface area contributed by atoms with E-state index in [0.717, 1.165) is 5.69 Å². The van der Waals surface area contributed by atoms with Crippen LogP contribution in [-0.4, -0.2) is 31.4 Å². The fourth-order valence-corrected chi connectivity index (χ4v) is 3.44. The highest BCUT2D eigenvalue weighted by Gasteiger charge is 2.19. The fourth-order valence-electron chi connectivity index (χ4n) is 3.14. The minimum absolute atomic E-state index is 0.0586. The van der Waals surface area contributed by atoms with E-state index in [-0.39, 0.29) is 30.6 Å². The van der Waals surface area contributed by atoms with Crippen molar-refractivity contribution in [2.75, 3.05) is 29.9 Å². The number of amides is 2. The number of piperazine rings is 1. The van der Waals surface area contributed by atoms with Crippen molar-refractivity contribution in [3.05, 3.63) is 77.0 Å². The van der Waals surface area contributed by atoms with E-state index >= 15 is 0 Å². The van der Waals surface area contributed by atoms with Crippen LogP contribution in [0.4, 0.5) is 15.8 Å². The van der Waals surface area contributed by atoms with Crippen molar-refractivity contribution >= 4 is 34.8 Å². The summed E-state index contributed by atoms with van der Waals surface area (Å²) in [6.45, 7) is 1.55. The Balaban J connectivity index is 1.36. The van der Waals surface area contributed by atoms with E-state index in [1.165, 1.54) is 24.3 Å². The number of nitrogens with zero attached hydrogens (tertiary/aromatic N) is 1. The Kier molecular flexibility index (Phi) is 6.08. The highest BCUT2D eigenvalue weighted by atomic mass is 35.5. The second-order valence-electron chi connectivity index (χ2n) is 6.90. The van der Waals surface area contributed by atoms with E-state index in [2.05, 4.69) is 10.6 Å². The number of benzene rings is 2. The number of rotatable bonds is 6. The van der Waals surface area contributed by atoms with Crippen LogP contribution in [0.15, 0.2) is 59.0 Å². The molecule has 1 aliphatic rings. The van der Waals surface area contributed by atoms with Crippen LogP contribution in [0.2, 0.25) is 5.02 Å². The maximum atomic E-state index is 12.9. The summed E-state index contributed by atoms with van der Waals surface area (Å²) in [4.78, 5) is 26.0. The number of hydrogen-bond acceptors (Lipinski definition) is 5. The summed E-state index contributed by atoms with van der Waals surface area (Å²) in [6.07, 6.45) is 0. The average molecular weight is 444 g/mol. The lowest BCUT2D eigenvalue weighted by atomic mass is 10.2. The summed E-state index contributed by atoms with van der Waals surface area (Å²) in [5.41, 5.74) is 1.23. The van der Waals surface area contributed by atoms with E-state index in [4.69, 9.17) is 20.8 Å². The van der Waals surface area contributed by atoms with Crippen LogP contribution >= 0.6 is 11.6 Å². The molecular formula is C22H19ClFN3O4. The van der Waals surface area contributed by atoms with E-state index in [1.807, 2.05) is 4.90 Å². The maximum Gasteiger partial charge on any atom is 0.291 e. The van der Waals surface area contributed by atoms with Crippen LogP contribution in [0.5, 0.6) is 5.75 Å². The van der Waals surface area contributed by atoms with Crippen molar-refractivity contribution in [3.63, 3.8) is 0 Å². The Morgan fingerprint density at radius 1 is 1.19 bits per heavy atom. The number of hydrogen-bond donors (Lipinski definition) is 2. The van der Waals surface area contributed by atoms with Gasteiger partial charge in [0.2, 0.25) is 5.91 Å². The first-order valence-corrected chi connectivity index (χ1v) is 9.95. The summed E-state index contributed by atoms with van der Waals surface area (Å²) in [5, 5.41) is 5.93. The van der Waals surface area contributed by atoms with Crippen LogP contribution < -0.4 is 20.3 Å². The van der Waals surface area contributed by atoms with Gasteiger partial charge in [0, 0.05) is 18.8 Å². The smallest absolute Gasteiger partial charge is 0.291 e. The number of carbonyl (C=O) groups excluding carboxylic acids is 2. The Morgan fingerprint density at radius 2 is 2.00 bits per heavy atom. The molecule has 1 fully saturated rings. The van der Waals surface area contributed by atoms with Crippen molar-refractivity contribution in [1.82, 2.24) is 5.32 Å². The van der Waals surface area contributed by atoms with Crippen molar-refractivity contribution in [2.24, 2.45) is 0 Å². The second kappa shape index (κ2) is 9.09. The molecule has 0 atom stereocenters. The predicted octanol–water partition coefficient (Wildman–Crippen LogP) is 3.84. The Bertz CT molecular complexity index is 1100. The van der Waals surface area contributed by atoms with Gasteiger partial charge in [0.25, 0.3) is 5.91 Å². The fraction of sp³-hybridized carbons (Fsp3) is 0.182. The molecule has 0 radical (unpaired) electrons. The SMILES string of the molecule is O=C1CN(c2ccc(NC(=O)c3ccc(COc4ccc(F)cc4)o3)cc2Cl)CCN1. The van der Waals surface area contributed by atoms with Gasteiger partial charge in [-0.25, -0.2) is 4.39 Å². The third-order valence-corrected chi connectivity index (χ3v) is 4.97. The molecule has 1 aliphatic heterocycles. The molecule has 2 heterocycles. The van der Waals surface area contributed by atoms with E-state index in [0.29, 0.717) is 35.3 Å². The minimum Gasteiger partial charge on any atom is -0.486 e. The number of ether oxygens (including phenoxy) is 1. The van der Waals surface area contributed by atoms with Gasteiger partial charge in [0.15, 0.2) is 5.76 Å². The summed E-state index contributed by atoms with van der Waals surface area (Å²) >= 11 is 6.37. The van der Waals surface area contributed by atoms with Gasteiger partial charge in [-0.1, -0.05) is 11.6 Å². The number of carbonyl (C=O) groups is 2. The first-order valence-electron chi connectivity index (χ1n) is 9.57. The molecule has 31 heavy (non-hydrogen) atoms. The summed E-state index contributed by atoms with van der Waals surface area (Å²) < 4.78 is 24.0. The summed E-state index contributed by atoms with van der Waals surface area (Å²) in [6, 6.07) is 13.9. The van der Waals surface area contributed by atoms with Crippen molar-refractivity contribution in [3.8, 4) is 5.75 Å². The monoisotopic (exact) mass is 443 g/mol. The minimum atomic E-state index is -0.436. The lowest BCUT2D eigenvalue weighted by Crippen LogP contribution is -2.47. The highest BCUT2D eigenvalue weighted by molar-refractivity contribution is 6.33. The zero-order valence-electron chi connectivity index (χ0n) is 16.4. The zero-order valence-corrected chi connectivity index (χ0v) is 17.1. The maximum absolute atomic E-state index is 12.9. The molecule has 7 nitrogen and oxygen atoms in total. The van der Waals surface area contributed by atoms with E-state index in [9.17, 15) is 14.0 Å². The van der Waals surface area contributed by atoms with Gasteiger partial charge in [-0.3, -0.25) is 9.59 Å². The topological polar surface area (TPSA) is 83.8 Å². The molecule has 2 aromatic carbocycles. The molecule has 160 valence electrons. The molecule has 2 amide bonds. The zero-order chi connectivity index (χ0) is 21.8. The Labute approximate surface area is 182 Å². The average Bonchev–Trinajstić information content (AvgIpc) is 3.23. The van der Waals surface area contributed by atoms with Gasteiger partial charge in [-0.05, 0) is 54.6 Å². The van der Waals surface area contributed by atoms with E-state index < -0.39 is 5.91 Å². The van der Waals surface area contributed by atoms with Crippen molar-refractivity contribution in [1.29, 1.82) is 0 Å². The lowest BCUT2D eigenvalue weighted by Gasteiger charge is -2.29. The summed E-state index contributed by atoms with van der Waals surface area (Å²) in [5.74, 6) is 0.214. The number of halogens is 2. The number of furan rings is 1. The van der Waals surface area contributed by atoms with Gasteiger partial charge in [0.05, 0.1) is 17.3 Å². The van der Waals surface area contributed by atoms with Crippen molar-refractivity contribution in [2.45, 2.75) is 6.61 Å². The Hall–Kier alpha value is -3.52. The molecule has 0 saturated carbocycles. The molecular weight excluding hydrogens is 425 g/mol. The highest BCUT2D eigenvalue weighted by Crippen LogP contribution is 2.29. The third-order valence-electron chi connectivity index (χ3n) is 4.66. The molecule has 0 spiro atoms. The summed E-state index contributed by atoms with van der Waals surface area (Å²) in [7, 11) is 0. The van der Waals surface area contributed by atoms with Gasteiger partial charge < -0.3 is 24.7 Å². The van der Waals surface area contributed by atoms with Crippen LogP contribution in [0.1, 0.15) is 16.3 Å². The molecule has 1 saturated heterocycles. The van der Waals surface area contributed by atoms with Crippen LogP contribution in [0.3, 0.4) is 0 Å². The molecule has 9 heteroatoms. The molecule has 3 aromatic rings. The molecule has 0 bridgehead atoms. The van der Waals surface area contributed by atoms with Crippen molar-refractivity contribution < 1.29 is 23.1 Å². The number of nitrogens with one attached hydrogen (secondary N) is 2. The Morgan fingerprint density at radius 3 is 2.74 bits per heavy atom. The molecule has 0 unspecified atom stereocenters. The third kappa shape index (κ3) is 5.16. The standard InChI is InChI=1S/C22H19ClFN3O4/c23-18-11-15(3-7-19(18)27-10-9-25-21(28)12-27)26-22(29)20-8-6-17(31-20)13-30-16-4-1-14(24)2-5-16/h1-8,11H,9-10,12-13H2,(H,25,28)(H,26,29). The first kappa shape index (κ1) is 20.7. The molecule has 4 rings (SSSR count). The van der Waals surface area contributed by atoms with Crippen LogP contribution in [0, 0.1) is 5.82 Å². The lowest BCUT2D eigenvalue weighted by molar-refractivity contribution is -0.120.